The molecule has 0 spiro atoms. The Morgan fingerprint density at radius 3 is 2.36 bits per heavy atom. The molecule has 0 bridgehead atoms. The van der Waals surface area contributed by atoms with Crippen molar-refractivity contribution in [3.05, 3.63) is 23.0 Å². The highest BCUT2D eigenvalue weighted by Gasteiger charge is 2.31. The van der Waals surface area contributed by atoms with Crippen LogP contribution < -0.4 is 5.32 Å². The van der Waals surface area contributed by atoms with Crippen LogP contribution in [0.5, 0.6) is 0 Å². The van der Waals surface area contributed by atoms with Crippen LogP contribution in [0.1, 0.15) is 53.5 Å². The molecule has 1 aromatic rings. The third kappa shape index (κ3) is 3.59. The highest BCUT2D eigenvalue weighted by atomic mass is 16.2. The van der Waals surface area contributed by atoms with E-state index in [4.69, 9.17) is 0 Å². The molecule has 2 aliphatic carbocycles. The lowest BCUT2D eigenvalue weighted by molar-refractivity contribution is -0.122. The van der Waals surface area contributed by atoms with E-state index in [1.54, 1.807) is 0 Å². The fourth-order valence-electron chi connectivity index (χ4n) is 3.87. The Morgan fingerprint density at radius 2 is 1.76 bits per heavy atom. The molecule has 25 heavy (non-hydrogen) atoms. The van der Waals surface area contributed by atoms with Gasteiger partial charge in [-0.2, -0.15) is 0 Å². The van der Waals surface area contributed by atoms with Gasteiger partial charge in [-0.05, 0) is 45.6 Å². The maximum Gasteiger partial charge on any atom is 0.255 e. The number of piperazine rings is 1. The summed E-state index contributed by atoms with van der Waals surface area (Å²) < 4.78 is 2.33. The summed E-state index contributed by atoms with van der Waals surface area (Å²) in [5.41, 5.74) is 3.15. The number of nitrogens with zero attached hydrogens (tertiary/aromatic N) is 3. The molecule has 6 nitrogen and oxygen atoms in total. The van der Waals surface area contributed by atoms with E-state index in [0.29, 0.717) is 31.7 Å². The molecule has 1 aromatic heterocycles. The molecule has 3 aliphatic rings. The van der Waals surface area contributed by atoms with E-state index < -0.39 is 0 Å². The van der Waals surface area contributed by atoms with E-state index in [1.165, 1.54) is 18.5 Å². The molecule has 3 fully saturated rings. The molecule has 0 unspecified atom stereocenters. The molecule has 0 radical (unpaired) electrons. The van der Waals surface area contributed by atoms with Gasteiger partial charge in [0.1, 0.15) is 0 Å². The second-order valence-electron chi connectivity index (χ2n) is 7.80. The summed E-state index contributed by atoms with van der Waals surface area (Å²) in [5.74, 6) is 0.261. The van der Waals surface area contributed by atoms with Crippen molar-refractivity contribution in [1.82, 2.24) is 19.7 Å². The van der Waals surface area contributed by atoms with Crippen LogP contribution in [0.25, 0.3) is 0 Å². The van der Waals surface area contributed by atoms with Crippen LogP contribution in [-0.2, 0) is 4.79 Å². The molecule has 1 aliphatic heterocycles. The summed E-state index contributed by atoms with van der Waals surface area (Å²) in [6.07, 6.45) is 4.69. The molecule has 2 heterocycles. The van der Waals surface area contributed by atoms with E-state index in [2.05, 4.69) is 28.6 Å². The monoisotopic (exact) mass is 344 g/mol. The summed E-state index contributed by atoms with van der Waals surface area (Å²) in [6.45, 7) is 7.55. The molecule has 2 amide bonds. The van der Waals surface area contributed by atoms with Gasteiger partial charge in [0.15, 0.2) is 0 Å². The van der Waals surface area contributed by atoms with Crippen LogP contribution in [0.15, 0.2) is 6.07 Å². The Balaban J connectivity index is 1.33. The number of aryl methyl sites for hydroxylation is 1. The maximum atomic E-state index is 12.9. The van der Waals surface area contributed by atoms with Gasteiger partial charge in [-0.3, -0.25) is 14.5 Å². The van der Waals surface area contributed by atoms with Gasteiger partial charge in [-0.1, -0.05) is 0 Å². The summed E-state index contributed by atoms with van der Waals surface area (Å²) in [4.78, 5) is 28.9. The van der Waals surface area contributed by atoms with Gasteiger partial charge in [-0.25, -0.2) is 0 Å². The van der Waals surface area contributed by atoms with E-state index >= 15 is 0 Å². The van der Waals surface area contributed by atoms with Gasteiger partial charge in [0.05, 0.1) is 12.1 Å². The molecule has 2 saturated carbocycles. The van der Waals surface area contributed by atoms with Crippen molar-refractivity contribution in [2.45, 2.75) is 51.6 Å². The van der Waals surface area contributed by atoms with Gasteiger partial charge >= 0.3 is 0 Å². The van der Waals surface area contributed by atoms with E-state index in [9.17, 15) is 9.59 Å². The SMILES string of the molecule is Cc1cc(C(=O)N2CCN(CC(=O)NC3CC3)CC2)c(C)n1C1CC1. The first-order valence-electron chi connectivity index (χ1n) is 9.52. The largest absolute Gasteiger partial charge is 0.352 e. The Labute approximate surface area is 149 Å². The Bertz CT molecular complexity index is 680. The second kappa shape index (κ2) is 6.48. The number of amides is 2. The first kappa shape index (κ1) is 16.6. The van der Waals surface area contributed by atoms with E-state index in [-0.39, 0.29) is 11.8 Å². The lowest BCUT2D eigenvalue weighted by Gasteiger charge is -2.34. The smallest absolute Gasteiger partial charge is 0.255 e. The average Bonchev–Trinajstić information content (AvgIpc) is 3.49. The van der Waals surface area contributed by atoms with Crippen molar-refractivity contribution in [3.63, 3.8) is 0 Å². The summed E-state index contributed by atoms with van der Waals surface area (Å²) >= 11 is 0. The average molecular weight is 344 g/mol. The number of carbonyl (C=O) groups is 2. The quantitative estimate of drug-likeness (QED) is 0.880. The predicted molar refractivity (Wildman–Crippen MR) is 95.7 cm³/mol. The third-order valence-corrected chi connectivity index (χ3v) is 5.60. The van der Waals surface area contributed by atoms with Crippen LogP contribution in [0.3, 0.4) is 0 Å². The van der Waals surface area contributed by atoms with Gasteiger partial charge in [0.25, 0.3) is 5.91 Å². The number of hydrogen-bond acceptors (Lipinski definition) is 3. The predicted octanol–water partition coefficient (Wildman–Crippen LogP) is 1.48. The first-order chi connectivity index (χ1) is 12.0. The van der Waals surface area contributed by atoms with Gasteiger partial charge in [-0.15, -0.1) is 0 Å². The first-order valence-corrected chi connectivity index (χ1v) is 9.52. The van der Waals surface area contributed by atoms with E-state index in [0.717, 1.165) is 37.2 Å². The molecule has 4 rings (SSSR count). The zero-order chi connectivity index (χ0) is 17.6. The normalized spacial score (nSPS) is 21.4. The van der Waals surface area contributed by atoms with E-state index in [1.807, 2.05) is 11.0 Å². The number of carbonyl (C=O) groups excluding carboxylic acids is 2. The van der Waals surface area contributed by atoms with Crippen LogP contribution >= 0.6 is 0 Å². The highest BCUT2D eigenvalue weighted by molar-refractivity contribution is 5.95. The van der Waals surface area contributed by atoms with Crippen LogP contribution in [0.2, 0.25) is 0 Å². The molecule has 1 N–H and O–H groups in total. The van der Waals surface area contributed by atoms with Gasteiger partial charge in [0, 0.05) is 49.7 Å². The fraction of sp³-hybridized carbons (Fsp3) is 0.684. The molecular weight excluding hydrogens is 316 g/mol. The molecule has 0 atom stereocenters. The number of rotatable bonds is 5. The summed E-state index contributed by atoms with van der Waals surface area (Å²) in [6, 6.07) is 3.06. The second-order valence-corrected chi connectivity index (χ2v) is 7.80. The minimum absolute atomic E-state index is 0.121. The Morgan fingerprint density at radius 1 is 1.08 bits per heavy atom. The minimum Gasteiger partial charge on any atom is -0.352 e. The van der Waals surface area contributed by atoms with Gasteiger partial charge < -0.3 is 14.8 Å². The molecule has 0 aromatic carbocycles. The van der Waals surface area contributed by atoms with Crippen molar-refractivity contribution in [2.24, 2.45) is 0 Å². The number of nitrogens with one attached hydrogen (secondary N) is 1. The Hall–Kier alpha value is -1.82. The third-order valence-electron chi connectivity index (χ3n) is 5.60. The highest BCUT2D eigenvalue weighted by Crippen LogP contribution is 2.38. The zero-order valence-electron chi connectivity index (χ0n) is 15.3. The van der Waals surface area contributed by atoms with Crippen LogP contribution in [0, 0.1) is 13.8 Å². The topological polar surface area (TPSA) is 57.6 Å². The fourth-order valence-corrected chi connectivity index (χ4v) is 3.87. The lowest BCUT2D eigenvalue weighted by Crippen LogP contribution is -2.51. The van der Waals surface area contributed by atoms with Crippen molar-refractivity contribution in [1.29, 1.82) is 0 Å². The lowest BCUT2D eigenvalue weighted by atomic mass is 10.2. The molecule has 136 valence electrons. The molecular formula is C19H28N4O2. The van der Waals surface area contributed by atoms with Crippen molar-refractivity contribution in [2.75, 3.05) is 32.7 Å². The maximum absolute atomic E-state index is 12.9. The number of hydrogen-bond donors (Lipinski definition) is 1. The zero-order valence-corrected chi connectivity index (χ0v) is 15.3. The molecule has 6 heteroatoms. The Kier molecular flexibility index (Phi) is 4.31. The van der Waals surface area contributed by atoms with Crippen molar-refractivity contribution >= 4 is 11.8 Å². The summed E-state index contributed by atoms with van der Waals surface area (Å²) in [7, 11) is 0. The van der Waals surface area contributed by atoms with Crippen molar-refractivity contribution in [3.8, 4) is 0 Å². The minimum atomic E-state index is 0.121. The van der Waals surface area contributed by atoms with Crippen LogP contribution in [-0.4, -0.2) is 64.9 Å². The molecule has 1 saturated heterocycles. The number of aromatic nitrogens is 1. The van der Waals surface area contributed by atoms with Gasteiger partial charge in [0.2, 0.25) is 5.91 Å². The van der Waals surface area contributed by atoms with Crippen LogP contribution in [0.4, 0.5) is 0 Å². The standard InChI is InChI=1S/C19H28N4O2/c1-13-11-17(14(2)23(13)16-5-6-16)19(25)22-9-7-21(8-10-22)12-18(24)20-15-3-4-15/h11,15-16H,3-10,12H2,1-2H3,(H,20,24). The van der Waals surface area contributed by atoms with Crippen molar-refractivity contribution < 1.29 is 9.59 Å². The summed E-state index contributed by atoms with van der Waals surface area (Å²) in [5, 5.41) is 3.03.